The summed E-state index contributed by atoms with van der Waals surface area (Å²) in [5.41, 5.74) is 2.01. The highest BCUT2D eigenvalue weighted by atomic mass is 16.5. The summed E-state index contributed by atoms with van der Waals surface area (Å²) in [4.78, 5) is 24.4. The SMILES string of the molecule is CCC(=O)[C@H]1[C@H](CC)C[C@H]2[C@@H]3CC=C4C[C@H](OC(C)=O)CC[C@]4(C)[C@@H]3CC[C@@]21C. The van der Waals surface area contributed by atoms with Crippen molar-refractivity contribution < 1.29 is 14.3 Å². The van der Waals surface area contributed by atoms with Crippen molar-refractivity contribution in [3.05, 3.63) is 11.6 Å². The highest BCUT2D eigenvalue weighted by molar-refractivity contribution is 5.82. The summed E-state index contributed by atoms with van der Waals surface area (Å²) in [6, 6.07) is 0. The molecule has 162 valence electrons. The largest absolute Gasteiger partial charge is 0.462 e. The Morgan fingerprint density at radius 3 is 2.55 bits per heavy atom. The van der Waals surface area contributed by atoms with Gasteiger partial charge in [-0.2, -0.15) is 0 Å². The Kier molecular flexibility index (Phi) is 5.49. The van der Waals surface area contributed by atoms with Crippen LogP contribution >= 0.6 is 0 Å². The second-order valence-electron chi connectivity index (χ2n) is 11.0. The number of hydrogen-bond donors (Lipinski definition) is 0. The third-order valence-corrected chi connectivity index (χ3v) is 9.79. The standard InChI is InChI=1S/C26H40O3/c1-6-17-14-22-20-9-8-18-15-19(29-16(3)27)10-12-25(18,4)21(20)11-13-26(22,5)24(17)23(28)7-2/h8,17,19-22,24H,6-7,9-15H2,1-5H3/t17-,19-,20-,21-,22+,24-,25+,26+/m1/s1. The molecule has 8 atom stereocenters. The van der Waals surface area contributed by atoms with Crippen LogP contribution in [0.15, 0.2) is 11.6 Å². The van der Waals surface area contributed by atoms with Crippen molar-refractivity contribution in [2.45, 2.75) is 98.5 Å². The number of carbonyl (C=O) groups is 2. The van der Waals surface area contributed by atoms with Crippen LogP contribution in [0.3, 0.4) is 0 Å². The molecule has 0 amide bonds. The van der Waals surface area contributed by atoms with Gasteiger partial charge in [-0.25, -0.2) is 0 Å². The van der Waals surface area contributed by atoms with Crippen molar-refractivity contribution in [2.24, 2.45) is 40.4 Å². The normalized spacial score (nSPS) is 46.2. The number of hydrogen-bond acceptors (Lipinski definition) is 3. The molecule has 0 spiro atoms. The van der Waals surface area contributed by atoms with Crippen LogP contribution in [0.4, 0.5) is 0 Å². The molecule has 0 radical (unpaired) electrons. The predicted octanol–water partition coefficient (Wildman–Crippen LogP) is 6.11. The summed E-state index contributed by atoms with van der Waals surface area (Å²) >= 11 is 0. The molecule has 0 aromatic carbocycles. The summed E-state index contributed by atoms with van der Waals surface area (Å²) in [5.74, 6) is 3.36. The number of allylic oxidation sites excluding steroid dienone is 1. The van der Waals surface area contributed by atoms with Gasteiger partial charge in [-0.15, -0.1) is 0 Å². The van der Waals surface area contributed by atoms with Crippen LogP contribution in [0.25, 0.3) is 0 Å². The van der Waals surface area contributed by atoms with Gasteiger partial charge in [0.25, 0.3) is 0 Å². The van der Waals surface area contributed by atoms with Crippen LogP contribution < -0.4 is 0 Å². The number of esters is 1. The Bertz CT molecular complexity index is 709. The molecule has 0 aromatic rings. The minimum Gasteiger partial charge on any atom is -0.462 e. The molecule has 4 aliphatic carbocycles. The molecule has 0 aliphatic heterocycles. The van der Waals surface area contributed by atoms with E-state index in [1.54, 1.807) is 5.57 Å². The van der Waals surface area contributed by atoms with Crippen LogP contribution in [0.2, 0.25) is 0 Å². The second-order valence-corrected chi connectivity index (χ2v) is 11.0. The Morgan fingerprint density at radius 2 is 1.90 bits per heavy atom. The van der Waals surface area contributed by atoms with E-state index in [0.717, 1.165) is 43.9 Å². The van der Waals surface area contributed by atoms with Crippen LogP contribution in [-0.4, -0.2) is 17.9 Å². The summed E-state index contributed by atoms with van der Waals surface area (Å²) in [7, 11) is 0. The highest BCUT2D eigenvalue weighted by Gasteiger charge is 2.61. The summed E-state index contributed by atoms with van der Waals surface area (Å²) < 4.78 is 5.57. The van der Waals surface area contributed by atoms with E-state index in [-0.39, 0.29) is 28.8 Å². The summed E-state index contributed by atoms with van der Waals surface area (Å²) in [5, 5.41) is 0. The number of fused-ring (bicyclic) bond motifs is 5. The fraction of sp³-hybridized carbons (Fsp3) is 0.846. The molecule has 3 heteroatoms. The Labute approximate surface area is 177 Å². The maximum Gasteiger partial charge on any atom is 0.302 e. The predicted molar refractivity (Wildman–Crippen MR) is 115 cm³/mol. The van der Waals surface area contributed by atoms with Crippen LogP contribution in [0.1, 0.15) is 92.4 Å². The maximum atomic E-state index is 13.0. The monoisotopic (exact) mass is 400 g/mol. The quantitative estimate of drug-likeness (QED) is 0.422. The highest BCUT2D eigenvalue weighted by Crippen LogP contribution is 2.67. The maximum absolute atomic E-state index is 13.0. The third kappa shape index (κ3) is 3.22. The average molecular weight is 401 g/mol. The first-order valence-electron chi connectivity index (χ1n) is 12.1. The topological polar surface area (TPSA) is 43.4 Å². The molecule has 0 saturated heterocycles. The van der Waals surface area contributed by atoms with Gasteiger partial charge in [0.2, 0.25) is 0 Å². The molecule has 0 aromatic heterocycles. The molecule has 0 N–H and O–H groups in total. The molecule has 3 saturated carbocycles. The minimum atomic E-state index is -0.149. The van der Waals surface area contributed by atoms with Crippen molar-refractivity contribution in [3.63, 3.8) is 0 Å². The van der Waals surface area contributed by atoms with Gasteiger partial charge in [-0.05, 0) is 73.0 Å². The first-order valence-corrected chi connectivity index (χ1v) is 12.1. The summed E-state index contributed by atoms with van der Waals surface area (Å²) in [6.07, 6.45) is 12.3. The van der Waals surface area contributed by atoms with Gasteiger partial charge in [0, 0.05) is 25.7 Å². The second kappa shape index (κ2) is 7.54. The van der Waals surface area contributed by atoms with E-state index >= 15 is 0 Å². The molecule has 4 aliphatic rings. The molecule has 3 nitrogen and oxygen atoms in total. The Morgan fingerprint density at radius 1 is 1.14 bits per heavy atom. The first-order chi connectivity index (χ1) is 13.7. The molecule has 29 heavy (non-hydrogen) atoms. The minimum absolute atomic E-state index is 0.0692. The zero-order valence-electron chi connectivity index (χ0n) is 19.1. The molecule has 0 heterocycles. The van der Waals surface area contributed by atoms with Gasteiger partial charge in [-0.1, -0.05) is 45.8 Å². The van der Waals surface area contributed by atoms with Crippen LogP contribution in [0.5, 0.6) is 0 Å². The van der Waals surface area contributed by atoms with E-state index < -0.39 is 0 Å². The van der Waals surface area contributed by atoms with Gasteiger partial charge in [-0.3, -0.25) is 9.59 Å². The molecule has 3 fully saturated rings. The zero-order valence-corrected chi connectivity index (χ0v) is 19.1. The molecule has 4 rings (SSSR count). The zero-order chi connectivity index (χ0) is 21.0. The van der Waals surface area contributed by atoms with Crippen LogP contribution in [0, 0.1) is 40.4 Å². The molecular formula is C26H40O3. The van der Waals surface area contributed by atoms with E-state index in [1.807, 2.05) is 0 Å². The lowest BCUT2D eigenvalue weighted by Crippen LogP contribution is -2.51. The number of rotatable bonds is 4. The lowest BCUT2D eigenvalue weighted by atomic mass is 9.47. The molecule has 0 unspecified atom stereocenters. The Balaban J connectivity index is 1.61. The smallest absolute Gasteiger partial charge is 0.302 e. The van der Waals surface area contributed by atoms with Gasteiger partial charge in [0.1, 0.15) is 11.9 Å². The van der Waals surface area contributed by atoms with Crippen molar-refractivity contribution >= 4 is 11.8 Å². The Hall–Kier alpha value is -1.12. The lowest BCUT2D eigenvalue weighted by Gasteiger charge is -2.58. The van der Waals surface area contributed by atoms with Crippen LogP contribution in [-0.2, 0) is 14.3 Å². The van der Waals surface area contributed by atoms with E-state index in [2.05, 4.69) is 33.8 Å². The van der Waals surface area contributed by atoms with E-state index in [9.17, 15) is 9.59 Å². The molecule has 0 bridgehead atoms. The first kappa shape index (κ1) is 21.1. The van der Waals surface area contributed by atoms with Crippen molar-refractivity contribution in [1.82, 2.24) is 0 Å². The lowest BCUT2D eigenvalue weighted by molar-refractivity contribution is -0.149. The van der Waals surface area contributed by atoms with Crippen molar-refractivity contribution in [3.8, 4) is 0 Å². The molecular weight excluding hydrogens is 360 g/mol. The van der Waals surface area contributed by atoms with Gasteiger partial charge >= 0.3 is 5.97 Å². The fourth-order valence-electron chi connectivity index (χ4n) is 8.39. The summed E-state index contributed by atoms with van der Waals surface area (Å²) in [6.45, 7) is 10.8. The van der Waals surface area contributed by atoms with Gasteiger partial charge < -0.3 is 4.74 Å². The number of Topliss-reactive ketones (excluding diaryl/α,β-unsaturated/α-hetero) is 1. The number of ketones is 1. The van der Waals surface area contributed by atoms with E-state index in [4.69, 9.17) is 4.74 Å². The van der Waals surface area contributed by atoms with E-state index in [0.29, 0.717) is 24.0 Å². The van der Waals surface area contributed by atoms with E-state index in [1.165, 1.54) is 26.2 Å². The van der Waals surface area contributed by atoms with Gasteiger partial charge in [0.05, 0.1) is 0 Å². The number of ether oxygens (including phenoxy) is 1. The third-order valence-electron chi connectivity index (χ3n) is 9.79. The van der Waals surface area contributed by atoms with Crippen molar-refractivity contribution in [2.75, 3.05) is 0 Å². The van der Waals surface area contributed by atoms with Crippen molar-refractivity contribution in [1.29, 1.82) is 0 Å². The average Bonchev–Trinajstić information content (AvgIpc) is 2.99. The number of carbonyl (C=O) groups excluding carboxylic acids is 2. The fourth-order valence-corrected chi connectivity index (χ4v) is 8.39. The van der Waals surface area contributed by atoms with Gasteiger partial charge in [0.15, 0.2) is 0 Å².